The molecule has 1 saturated heterocycles. The lowest BCUT2D eigenvalue weighted by atomic mass is 9.95. The summed E-state index contributed by atoms with van der Waals surface area (Å²) in [5.74, 6) is 1.20. The summed E-state index contributed by atoms with van der Waals surface area (Å²) >= 11 is 0. The van der Waals surface area contributed by atoms with Gasteiger partial charge in [-0.1, -0.05) is 0 Å². The lowest BCUT2D eigenvalue weighted by Gasteiger charge is -2.29. The van der Waals surface area contributed by atoms with Gasteiger partial charge in [0.2, 0.25) is 0 Å². The predicted octanol–water partition coefficient (Wildman–Crippen LogP) is 1.74. The first-order chi connectivity index (χ1) is 6.72. The van der Waals surface area contributed by atoms with E-state index in [0.717, 1.165) is 29.8 Å². The topological polar surface area (TPSA) is 41.5 Å². The van der Waals surface area contributed by atoms with Crippen molar-refractivity contribution in [1.82, 2.24) is 5.32 Å². The van der Waals surface area contributed by atoms with E-state index < -0.39 is 0 Å². The highest BCUT2D eigenvalue weighted by molar-refractivity contribution is 5.47. The Morgan fingerprint density at radius 2 is 2.21 bits per heavy atom. The van der Waals surface area contributed by atoms with Crippen LogP contribution in [0, 0.1) is 6.92 Å². The normalized spacial score (nSPS) is 20.3. The van der Waals surface area contributed by atoms with Crippen LogP contribution in [-0.2, 0) is 0 Å². The van der Waals surface area contributed by atoms with Crippen molar-refractivity contribution in [2.75, 3.05) is 13.7 Å². The summed E-state index contributed by atoms with van der Waals surface area (Å²) in [6.45, 7) is 2.92. The van der Waals surface area contributed by atoms with Gasteiger partial charge in [-0.15, -0.1) is 0 Å². The van der Waals surface area contributed by atoms with Gasteiger partial charge in [-0.2, -0.15) is 0 Å². The lowest BCUT2D eigenvalue weighted by molar-refractivity contribution is 0.358. The molecule has 0 spiro atoms. The molecule has 2 N–H and O–H groups in total. The molecule has 1 aliphatic heterocycles. The van der Waals surface area contributed by atoms with E-state index in [-0.39, 0.29) is 0 Å². The zero-order valence-electron chi connectivity index (χ0n) is 8.50. The van der Waals surface area contributed by atoms with Gasteiger partial charge in [0.1, 0.15) is 11.5 Å². The van der Waals surface area contributed by atoms with E-state index in [4.69, 9.17) is 4.74 Å². The van der Waals surface area contributed by atoms with Crippen molar-refractivity contribution < 1.29 is 9.84 Å². The number of hydrogen-bond acceptors (Lipinski definition) is 3. The molecule has 1 aromatic rings. The van der Waals surface area contributed by atoms with Gasteiger partial charge in [0.15, 0.2) is 0 Å². The third kappa shape index (κ3) is 1.44. The zero-order valence-corrected chi connectivity index (χ0v) is 8.50. The standard InChI is InChI=1S/C11H15NO2/c1-7-5-8(14-2)6-9(11(7)13)10-3-4-12-10/h5-6,10,12-13H,3-4H2,1-2H3. The van der Waals surface area contributed by atoms with Crippen molar-refractivity contribution in [2.24, 2.45) is 0 Å². The molecule has 3 heteroatoms. The van der Waals surface area contributed by atoms with Crippen LogP contribution in [0.3, 0.4) is 0 Å². The molecule has 3 nitrogen and oxygen atoms in total. The predicted molar refractivity (Wildman–Crippen MR) is 54.8 cm³/mol. The third-order valence-electron chi connectivity index (χ3n) is 2.74. The maximum absolute atomic E-state index is 9.86. The highest BCUT2D eigenvalue weighted by atomic mass is 16.5. The first-order valence-corrected chi connectivity index (χ1v) is 4.83. The Bertz CT molecular complexity index is 345. The average molecular weight is 193 g/mol. The molecule has 1 unspecified atom stereocenters. The first kappa shape index (κ1) is 9.34. The summed E-state index contributed by atoms with van der Waals surface area (Å²) < 4.78 is 5.17. The second-order valence-corrected chi connectivity index (χ2v) is 3.68. The van der Waals surface area contributed by atoms with Crippen LogP contribution >= 0.6 is 0 Å². The van der Waals surface area contributed by atoms with Crippen molar-refractivity contribution in [3.63, 3.8) is 0 Å². The van der Waals surface area contributed by atoms with Gasteiger partial charge in [-0.05, 0) is 37.6 Å². The largest absolute Gasteiger partial charge is 0.507 e. The summed E-state index contributed by atoms with van der Waals surface area (Å²) in [6.07, 6.45) is 1.08. The molecule has 1 fully saturated rings. The Balaban J connectivity index is 2.40. The maximum atomic E-state index is 9.86. The number of aromatic hydroxyl groups is 1. The van der Waals surface area contributed by atoms with Gasteiger partial charge >= 0.3 is 0 Å². The number of aryl methyl sites for hydroxylation is 1. The molecule has 0 radical (unpaired) electrons. The van der Waals surface area contributed by atoms with Crippen LogP contribution in [0.5, 0.6) is 11.5 Å². The summed E-state index contributed by atoms with van der Waals surface area (Å²) in [6, 6.07) is 4.04. The molecule has 2 rings (SSSR count). The highest BCUT2D eigenvalue weighted by Crippen LogP contribution is 2.35. The van der Waals surface area contributed by atoms with Crippen LogP contribution < -0.4 is 10.1 Å². The lowest BCUT2D eigenvalue weighted by Crippen LogP contribution is -2.35. The van der Waals surface area contributed by atoms with E-state index in [9.17, 15) is 5.11 Å². The molecular formula is C11H15NO2. The van der Waals surface area contributed by atoms with Gasteiger partial charge in [-0.25, -0.2) is 0 Å². The fourth-order valence-corrected chi connectivity index (χ4v) is 1.71. The minimum atomic E-state index is 0.295. The Kier molecular flexibility index (Phi) is 2.33. The van der Waals surface area contributed by atoms with Gasteiger partial charge in [0.05, 0.1) is 7.11 Å². The molecule has 0 bridgehead atoms. The Morgan fingerprint density at radius 3 is 2.71 bits per heavy atom. The van der Waals surface area contributed by atoms with Crippen LogP contribution in [0.25, 0.3) is 0 Å². The molecule has 1 heterocycles. The molecule has 0 aromatic heterocycles. The van der Waals surface area contributed by atoms with Gasteiger partial charge in [0, 0.05) is 11.6 Å². The molecule has 76 valence electrons. The fraction of sp³-hybridized carbons (Fsp3) is 0.455. The number of hydrogen-bond donors (Lipinski definition) is 2. The number of benzene rings is 1. The molecule has 0 aliphatic carbocycles. The highest BCUT2D eigenvalue weighted by Gasteiger charge is 2.22. The monoisotopic (exact) mass is 193 g/mol. The zero-order chi connectivity index (χ0) is 10.1. The average Bonchev–Trinajstić information content (AvgIpc) is 2.09. The first-order valence-electron chi connectivity index (χ1n) is 4.83. The molecular weight excluding hydrogens is 178 g/mol. The Labute approximate surface area is 83.7 Å². The van der Waals surface area contributed by atoms with E-state index in [1.54, 1.807) is 7.11 Å². The third-order valence-corrected chi connectivity index (χ3v) is 2.74. The summed E-state index contributed by atoms with van der Waals surface area (Å²) in [7, 11) is 1.64. The minimum absolute atomic E-state index is 0.295. The summed E-state index contributed by atoms with van der Waals surface area (Å²) in [5.41, 5.74) is 1.82. The SMILES string of the molecule is COc1cc(C)c(O)c(C2CCN2)c1. The number of phenolic OH excluding ortho intramolecular Hbond substituents is 1. The van der Waals surface area contributed by atoms with Crippen molar-refractivity contribution in [3.05, 3.63) is 23.3 Å². The molecule has 1 aliphatic rings. The number of phenols is 1. The molecule has 0 amide bonds. The van der Waals surface area contributed by atoms with E-state index in [2.05, 4.69) is 5.32 Å². The van der Waals surface area contributed by atoms with Crippen molar-refractivity contribution in [2.45, 2.75) is 19.4 Å². The molecule has 1 atom stereocenters. The van der Waals surface area contributed by atoms with Gasteiger partial charge < -0.3 is 15.2 Å². The molecule has 1 aromatic carbocycles. The van der Waals surface area contributed by atoms with Gasteiger partial charge in [0.25, 0.3) is 0 Å². The van der Waals surface area contributed by atoms with E-state index >= 15 is 0 Å². The van der Waals surface area contributed by atoms with Crippen LogP contribution in [-0.4, -0.2) is 18.8 Å². The maximum Gasteiger partial charge on any atom is 0.123 e. The molecule has 14 heavy (non-hydrogen) atoms. The number of methoxy groups -OCH3 is 1. The summed E-state index contributed by atoms with van der Waals surface area (Å²) in [5, 5.41) is 13.1. The Morgan fingerprint density at radius 1 is 1.50 bits per heavy atom. The van der Waals surface area contributed by atoms with Crippen molar-refractivity contribution in [1.29, 1.82) is 0 Å². The molecule has 0 saturated carbocycles. The number of rotatable bonds is 2. The second-order valence-electron chi connectivity index (χ2n) is 3.68. The smallest absolute Gasteiger partial charge is 0.123 e. The summed E-state index contributed by atoms with van der Waals surface area (Å²) in [4.78, 5) is 0. The van der Waals surface area contributed by atoms with Crippen LogP contribution in [0.4, 0.5) is 0 Å². The van der Waals surface area contributed by atoms with E-state index in [0.29, 0.717) is 11.8 Å². The van der Waals surface area contributed by atoms with Crippen molar-refractivity contribution >= 4 is 0 Å². The number of ether oxygens (including phenoxy) is 1. The Hall–Kier alpha value is -1.22. The quantitative estimate of drug-likeness (QED) is 0.751. The van der Waals surface area contributed by atoms with Crippen LogP contribution in [0.1, 0.15) is 23.6 Å². The minimum Gasteiger partial charge on any atom is -0.507 e. The van der Waals surface area contributed by atoms with E-state index in [1.807, 2.05) is 19.1 Å². The van der Waals surface area contributed by atoms with Crippen LogP contribution in [0.15, 0.2) is 12.1 Å². The fourth-order valence-electron chi connectivity index (χ4n) is 1.71. The van der Waals surface area contributed by atoms with Gasteiger partial charge in [-0.3, -0.25) is 0 Å². The second kappa shape index (κ2) is 3.50. The number of nitrogens with one attached hydrogen (secondary N) is 1. The van der Waals surface area contributed by atoms with Crippen LogP contribution in [0.2, 0.25) is 0 Å². The van der Waals surface area contributed by atoms with E-state index in [1.165, 1.54) is 0 Å². The van der Waals surface area contributed by atoms with Crippen molar-refractivity contribution in [3.8, 4) is 11.5 Å².